The molecule has 0 N–H and O–H groups in total. The van der Waals surface area contributed by atoms with Gasteiger partial charge in [-0.25, -0.2) is 8.42 Å². The normalized spacial score (nSPS) is 15.4. The van der Waals surface area contributed by atoms with Crippen LogP contribution in [0.25, 0.3) is 11.4 Å². The second-order valence-corrected chi connectivity index (χ2v) is 10.3. The van der Waals surface area contributed by atoms with Crippen LogP contribution in [0.4, 0.5) is 0 Å². The van der Waals surface area contributed by atoms with E-state index in [-0.39, 0.29) is 15.5 Å². The lowest BCUT2D eigenvalue weighted by atomic mass is 10.1. The maximum absolute atomic E-state index is 13.0. The number of aryl methyl sites for hydroxylation is 2. The SMILES string of the molecule is Cc1ccc(-c2noc(CCCN3CCN(S(=O)(=O)c4cc(Cl)ccc4C#N)CC3)n2)cc1. The van der Waals surface area contributed by atoms with Gasteiger partial charge in [0.05, 0.1) is 5.56 Å². The number of piperazine rings is 1. The lowest BCUT2D eigenvalue weighted by Crippen LogP contribution is -2.48. The zero-order chi connectivity index (χ0) is 23.4. The van der Waals surface area contributed by atoms with Gasteiger partial charge in [0.15, 0.2) is 0 Å². The van der Waals surface area contributed by atoms with Gasteiger partial charge in [-0.15, -0.1) is 0 Å². The molecule has 1 saturated heterocycles. The van der Waals surface area contributed by atoms with Gasteiger partial charge >= 0.3 is 0 Å². The molecule has 1 fully saturated rings. The van der Waals surface area contributed by atoms with E-state index in [1.165, 1.54) is 28.1 Å². The summed E-state index contributed by atoms with van der Waals surface area (Å²) in [7, 11) is -3.77. The fourth-order valence-electron chi connectivity index (χ4n) is 3.76. The smallest absolute Gasteiger partial charge is 0.244 e. The zero-order valence-electron chi connectivity index (χ0n) is 18.2. The summed E-state index contributed by atoms with van der Waals surface area (Å²) >= 11 is 5.97. The third kappa shape index (κ3) is 5.42. The van der Waals surface area contributed by atoms with E-state index >= 15 is 0 Å². The van der Waals surface area contributed by atoms with Gasteiger partial charge in [-0.05, 0) is 38.1 Å². The van der Waals surface area contributed by atoms with Crippen LogP contribution in [0.2, 0.25) is 5.02 Å². The van der Waals surface area contributed by atoms with Crippen LogP contribution in [0.3, 0.4) is 0 Å². The summed E-state index contributed by atoms with van der Waals surface area (Å²) < 4.78 is 32.9. The first-order valence-corrected chi connectivity index (χ1v) is 12.5. The van der Waals surface area contributed by atoms with E-state index in [1.807, 2.05) is 37.3 Å². The van der Waals surface area contributed by atoms with Crippen molar-refractivity contribution in [2.75, 3.05) is 32.7 Å². The van der Waals surface area contributed by atoms with Crippen LogP contribution in [0.1, 0.15) is 23.4 Å². The number of hydrogen-bond acceptors (Lipinski definition) is 7. The van der Waals surface area contributed by atoms with Crippen molar-refractivity contribution < 1.29 is 12.9 Å². The quantitative estimate of drug-likeness (QED) is 0.504. The molecule has 3 aromatic rings. The third-order valence-electron chi connectivity index (χ3n) is 5.66. The van der Waals surface area contributed by atoms with E-state index in [4.69, 9.17) is 16.1 Å². The van der Waals surface area contributed by atoms with Crippen molar-refractivity contribution in [3.8, 4) is 17.5 Å². The predicted octanol–water partition coefficient (Wildman–Crippen LogP) is 3.51. The molecule has 1 aromatic heterocycles. The summed E-state index contributed by atoms with van der Waals surface area (Å²) in [6, 6.07) is 14.2. The molecule has 172 valence electrons. The van der Waals surface area contributed by atoms with Crippen LogP contribution in [0, 0.1) is 18.3 Å². The van der Waals surface area contributed by atoms with Crippen LogP contribution in [0.5, 0.6) is 0 Å². The summed E-state index contributed by atoms with van der Waals surface area (Å²) in [4.78, 5) is 6.65. The third-order valence-corrected chi connectivity index (χ3v) is 7.83. The van der Waals surface area contributed by atoms with Crippen LogP contribution >= 0.6 is 11.6 Å². The molecule has 0 radical (unpaired) electrons. The number of hydrogen-bond donors (Lipinski definition) is 0. The Balaban J connectivity index is 1.28. The Kier molecular flexibility index (Phi) is 7.10. The molecule has 0 unspecified atom stereocenters. The van der Waals surface area contributed by atoms with E-state index in [1.54, 1.807) is 0 Å². The van der Waals surface area contributed by atoms with E-state index < -0.39 is 10.0 Å². The lowest BCUT2D eigenvalue weighted by Gasteiger charge is -2.34. The molecule has 2 aromatic carbocycles. The van der Waals surface area contributed by atoms with E-state index in [9.17, 15) is 13.7 Å². The van der Waals surface area contributed by atoms with Crippen molar-refractivity contribution >= 4 is 21.6 Å². The fraction of sp³-hybridized carbons (Fsp3) is 0.348. The Morgan fingerprint density at radius 1 is 1.12 bits per heavy atom. The molecule has 0 saturated carbocycles. The molecule has 33 heavy (non-hydrogen) atoms. The number of rotatable bonds is 7. The van der Waals surface area contributed by atoms with Crippen molar-refractivity contribution in [3.63, 3.8) is 0 Å². The molecule has 0 aliphatic carbocycles. The fourth-order valence-corrected chi connectivity index (χ4v) is 5.59. The van der Waals surface area contributed by atoms with Crippen molar-refractivity contribution in [2.24, 2.45) is 0 Å². The second-order valence-electron chi connectivity index (χ2n) is 7.98. The molecule has 8 nitrogen and oxygen atoms in total. The van der Waals surface area contributed by atoms with Gasteiger partial charge in [0.1, 0.15) is 11.0 Å². The summed E-state index contributed by atoms with van der Waals surface area (Å²) in [5.74, 6) is 1.18. The monoisotopic (exact) mass is 485 g/mol. The maximum atomic E-state index is 13.0. The van der Waals surface area contributed by atoms with Crippen molar-refractivity contribution in [3.05, 3.63) is 64.5 Å². The molecule has 0 bridgehead atoms. The molecular weight excluding hydrogens is 462 g/mol. The minimum absolute atomic E-state index is 0.0354. The number of sulfonamides is 1. The van der Waals surface area contributed by atoms with E-state index in [2.05, 4.69) is 15.0 Å². The molecule has 0 spiro atoms. The Labute approximate surface area is 198 Å². The highest BCUT2D eigenvalue weighted by molar-refractivity contribution is 7.89. The number of nitrogens with zero attached hydrogens (tertiary/aromatic N) is 5. The largest absolute Gasteiger partial charge is 0.339 e. The van der Waals surface area contributed by atoms with Crippen molar-refractivity contribution in [1.82, 2.24) is 19.3 Å². The van der Waals surface area contributed by atoms with Gasteiger partial charge < -0.3 is 9.42 Å². The van der Waals surface area contributed by atoms with E-state index in [0.717, 1.165) is 18.5 Å². The van der Waals surface area contributed by atoms with Crippen LogP contribution in [0.15, 0.2) is 51.9 Å². The van der Waals surface area contributed by atoms with Gasteiger partial charge in [0, 0.05) is 43.2 Å². The zero-order valence-corrected chi connectivity index (χ0v) is 19.8. The molecule has 2 heterocycles. The Morgan fingerprint density at radius 3 is 2.55 bits per heavy atom. The molecule has 1 aliphatic rings. The molecule has 4 rings (SSSR count). The standard InChI is InChI=1S/C23H24ClN5O3S/c1-17-4-6-18(7-5-17)23-26-22(32-27-23)3-2-10-28-11-13-29(14-12-28)33(30,31)21-15-20(24)9-8-19(21)16-25/h4-9,15H,2-3,10-14H2,1H3. The highest BCUT2D eigenvalue weighted by Gasteiger charge is 2.30. The summed E-state index contributed by atoms with van der Waals surface area (Å²) in [5, 5.41) is 13.6. The number of halogens is 1. The Hall–Kier alpha value is -2.77. The molecule has 0 amide bonds. The summed E-state index contributed by atoms with van der Waals surface area (Å²) in [5.41, 5.74) is 2.20. The maximum Gasteiger partial charge on any atom is 0.244 e. The second kappa shape index (κ2) is 10.0. The molecule has 1 aliphatic heterocycles. The first kappa shape index (κ1) is 23.4. The number of aromatic nitrogens is 2. The van der Waals surface area contributed by atoms with Crippen LogP contribution in [-0.4, -0.2) is 60.5 Å². The highest BCUT2D eigenvalue weighted by atomic mass is 35.5. The Bertz CT molecular complexity index is 1260. The predicted molar refractivity (Wildman–Crippen MR) is 124 cm³/mol. The highest BCUT2D eigenvalue weighted by Crippen LogP contribution is 2.25. The van der Waals surface area contributed by atoms with Gasteiger partial charge in [-0.2, -0.15) is 14.6 Å². The van der Waals surface area contributed by atoms with Gasteiger partial charge in [-0.3, -0.25) is 0 Å². The van der Waals surface area contributed by atoms with Crippen LogP contribution in [-0.2, 0) is 16.4 Å². The first-order chi connectivity index (χ1) is 15.9. The summed E-state index contributed by atoms with van der Waals surface area (Å²) in [6.07, 6.45) is 1.49. The van der Waals surface area contributed by atoms with Crippen LogP contribution < -0.4 is 0 Å². The lowest BCUT2D eigenvalue weighted by molar-refractivity contribution is 0.185. The molecular formula is C23H24ClN5O3S. The summed E-state index contributed by atoms with van der Waals surface area (Å²) in [6.45, 7) is 4.77. The topological polar surface area (TPSA) is 103 Å². The van der Waals surface area contributed by atoms with Gasteiger partial charge in [0.25, 0.3) is 0 Å². The minimum Gasteiger partial charge on any atom is -0.339 e. The van der Waals surface area contributed by atoms with Gasteiger partial charge in [-0.1, -0.05) is 46.6 Å². The average Bonchev–Trinajstić information content (AvgIpc) is 3.29. The van der Waals surface area contributed by atoms with E-state index in [0.29, 0.717) is 44.3 Å². The number of benzene rings is 2. The van der Waals surface area contributed by atoms with Crippen molar-refractivity contribution in [2.45, 2.75) is 24.7 Å². The first-order valence-electron chi connectivity index (χ1n) is 10.7. The minimum atomic E-state index is -3.77. The molecule has 10 heteroatoms. The number of nitriles is 1. The average molecular weight is 486 g/mol. The van der Waals surface area contributed by atoms with Crippen molar-refractivity contribution in [1.29, 1.82) is 5.26 Å². The Morgan fingerprint density at radius 2 is 1.85 bits per heavy atom. The van der Waals surface area contributed by atoms with Gasteiger partial charge in [0.2, 0.25) is 21.7 Å². The molecule has 0 atom stereocenters.